The number of fused-ring (bicyclic) bond motifs is 1. The molecule has 1 aromatic heterocycles. The van der Waals surface area contributed by atoms with E-state index in [4.69, 9.17) is 16.6 Å². The topological polar surface area (TPSA) is 90.2 Å². The predicted octanol–water partition coefficient (Wildman–Crippen LogP) is 2.54. The lowest BCUT2D eigenvalue weighted by Gasteiger charge is -2.37. The first-order chi connectivity index (χ1) is 12.2. The molecule has 0 aliphatic carbocycles. The molecule has 1 aliphatic rings. The van der Waals surface area contributed by atoms with Gasteiger partial charge in [0.1, 0.15) is 11.5 Å². The molecular formula is C19H24FN5O. The van der Waals surface area contributed by atoms with E-state index in [1.807, 2.05) is 9.58 Å². The Labute approximate surface area is 152 Å². The highest BCUT2D eigenvalue weighted by Gasteiger charge is 2.34. The fourth-order valence-electron chi connectivity index (χ4n) is 3.41. The fraction of sp³-hybridized carbons (Fsp3) is 0.368. The molecule has 1 aliphatic heterocycles. The van der Waals surface area contributed by atoms with Crippen LogP contribution in [0, 0.1) is 18.7 Å². The number of amides is 1. The second-order valence-corrected chi connectivity index (χ2v) is 7.13. The summed E-state index contributed by atoms with van der Waals surface area (Å²) in [6.07, 6.45) is 0. The second kappa shape index (κ2) is 6.48. The molecule has 0 radical (unpaired) electrons. The van der Waals surface area contributed by atoms with Crippen molar-refractivity contribution in [3.8, 4) is 11.3 Å². The van der Waals surface area contributed by atoms with Crippen LogP contribution in [-0.2, 0) is 6.54 Å². The van der Waals surface area contributed by atoms with Gasteiger partial charge >= 0.3 is 0 Å². The zero-order valence-corrected chi connectivity index (χ0v) is 15.3. The van der Waals surface area contributed by atoms with Gasteiger partial charge in [-0.25, -0.2) is 4.39 Å². The lowest BCUT2D eigenvalue weighted by Crippen LogP contribution is -2.41. The molecule has 0 saturated heterocycles. The fourth-order valence-corrected chi connectivity index (χ4v) is 3.41. The standard InChI is InChI=1S/C19H24FN5O/c1-10(2)15-8-24(12(4)21)9-16-17(19(22)26)18(23-25(15)16)13-5-6-14(20)11(3)7-13/h5-7,10,15H,4,8-9,21H2,1-3H3,(H2,22,26). The van der Waals surface area contributed by atoms with Crippen molar-refractivity contribution < 1.29 is 9.18 Å². The molecule has 0 bridgehead atoms. The van der Waals surface area contributed by atoms with E-state index in [1.165, 1.54) is 6.07 Å². The summed E-state index contributed by atoms with van der Waals surface area (Å²) in [5.74, 6) is -0.156. The van der Waals surface area contributed by atoms with Crippen molar-refractivity contribution >= 4 is 5.91 Å². The highest BCUT2D eigenvalue weighted by atomic mass is 19.1. The molecule has 3 rings (SSSR count). The number of hydrogen-bond donors (Lipinski definition) is 2. The quantitative estimate of drug-likeness (QED) is 0.880. The average Bonchev–Trinajstić information content (AvgIpc) is 2.95. The van der Waals surface area contributed by atoms with E-state index >= 15 is 0 Å². The lowest BCUT2D eigenvalue weighted by molar-refractivity contribution is 0.0996. The highest BCUT2D eigenvalue weighted by molar-refractivity contribution is 6.00. The monoisotopic (exact) mass is 357 g/mol. The molecule has 0 saturated carbocycles. The van der Waals surface area contributed by atoms with Crippen LogP contribution >= 0.6 is 0 Å². The summed E-state index contributed by atoms with van der Waals surface area (Å²) in [7, 11) is 0. The number of halogens is 1. The lowest BCUT2D eigenvalue weighted by atomic mass is 9.99. The number of aryl methyl sites for hydroxylation is 1. The van der Waals surface area contributed by atoms with Crippen LogP contribution in [0.1, 0.15) is 41.5 Å². The molecular weight excluding hydrogens is 333 g/mol. The van der Waals surface area contributed by atoms with Gasteiger partial charge in [-0.3, -0.25) is 9.48 Å². The van der Waals surface area contributed by atoms with Gasteiger partial charge in [0, 0.05) is 12.1 Å². The number of nitrogens with zero attached hydrogens (tertiary/aromatic N) is 3. The Balaban J connectivity index is 2.22. The summed E-state index contributed by atoms with van der Waals surface area (Å²) < 4.78 is 15.5. The number of primary amides is 1. The maximum Gasteiger partial charge on any atom is 0.252 e. The third kappa shape index (κ3) is 2.94. The summed E-state index contributed by atoms with van der Waals surface area (Å²) in [5, 5.41) is 4.71. The van der Waals surface area contributed by atoms with Crippen molar-refractivity contribution in [3.05, 3.63) is 53.2 Å². The van der Waals surface area contributed by atoms with Gasteiger partial charge in [-0.15, -0.1) is 0 Å². The minimum Gasteiger partial charge on any atom is -0.386 e. The van der Waals surface area contributed by atoms with Gasteiger partial charge in [0.25, 0.3) is 5.91 Å². The van der Waals surface area contributed by atoms with Crippen molar-refractivity contribution in [2.45, 2.75) is 33.4 Å². The van der Waals surface area contributed by atoms with Crippen molar-refractivity contribution in [3.63, 3.8) is 0 Å². The smallest absolute Gasteiger partial charge is 0.252 e. The number of carbonyl (C=O) groups is 1. The Kier molecular flexibility index (Phi) is 4.48. The molecule has 6 nitrogen and oxygen atoms in total. The SMILES string of the molecule is C=C(N)N1Cc2c(C(N)=O)c(-c3ccc(F)c(C)c3)nn2C(C(C)C)C1. The van der Waals surface area contributed by atoms with Gasteiger partial charge in [0.05, 0.1) is 29.7 Å². The maximum absolute atomic E-state index is 13.7. The Morgan fingerprint density at radius 1 is 1.38 bits per heavy atom. The Morgan fingerprint density at radius 3 is 2.62 bits per heavy atom. The molecule has 138 valence electrons. The first-order valence-electron chi connectivity index (χ1n) is 8.57. The average molecular weight is 357 g/mol. The molecule has 1 atom stereocenters. The Bertz CT molecular complexity index is 886. The largest absolute Gasteiger partial charge is 0.386 e. The van der Waals surface area contributed by atoms with Gasteiger partial charge in [0.15, 0.2) is 0 Å². The van der Waals surface area contributed by atoms with Crippen molar-refractivity contribution in [2.24, 2.45) is 17.4 Å². The van der Waals surface area contributed by atoms with Gasteiger partial charge in [0.2, 0.25) is 0 Å². The molecule has 2 aromatic rings. The van der Waals surface area contributed by atoms with E-state index in [9.17, 15) is 9.18 Å². The van der Waals surface area contributed by atoms with E-state index in [2.05, 4.69) is 20.4 Å². The molecule has 0 fully saturated rings. The number of aromatic nitrogens is 2. The Hall–Kier alpha value is -2.83. The number of rotatable bonds is 4. The molecule has 1 amide bonds. The van der Waals surface area contributed by atoms with E-state index in [-0.39, 0.29) is 17.8 Å². The molecule has 1 unspecified atom stereocenters. The minimum absolute atomic E-state index is 0.0208. The van der Waals surface area contributed by atoms with E-state index in [1.54, 1.807) is 19.1 Å². The molecule has 0 spiro atoms. The van der Waals surface area contributed by atoms with Crippen LogP contribution in [-0.4, -0.2) is 27.1 Å². The zero-order valence-electron chi connectivity index (χ0n) is 15.3. The van der Waals surface area contributed by atoms with Crippen LogP contribution in [0.2, 0.25) is 0 Å². The number of hydrogen-bond acceptors (Lipinski definition) is 4. The van der Waals surface area contributed by atoms with Gasteiger partial charge in [-0.1, -0.05) is 20.4 Å². The van der Waals surface area contributed by atoms with Crippen LogP contribution < -0.4 is 11.5 Å². The van der Waals surface area contributed by atoms with Crippen molar-refractivity contribution in [2.75, 3.05) is 6.54 Å². The molecule has 4 N–H and O–H groups in total. The van der Waals surface area contributed by atoms with Crippen LogP contribution in [0.4, 0.5) is 4.39 Å². The zero-order chi connectivity index (χ0) is 19.2. The van der Waals surface area contributed by atoms with Crippen molar-refractivity contribution in [1.82, 2.24) is 14.7 Å². The third-order valence-electron chi connectivity index (χ3n) is 4.93. The number of nitrogens with two attached hydrogens (primary N) is 2. The number of benzene rings is 1. The van der Waals surface area contributed by atoms with Crippen molar-refractivity contribution in [1.29, 1.82) is 0 Å². The molecule has 26 heavy (non-hydrogen) atoms. The van der Waals surface area contributed by atoms with Crippen LogP contribution in [0.5, 0.6) is 0 Å². The molecule has 2 heterocycles. The summed E-state index contributed by atoms with van der Waals surface area (Å²) in [6, 6.07) is 4.70. The van der Waals surface area contributed by atoms with E-state index < -0.39 is 5.91 Å². The summed E-state index contributed by atoms with van der Waals surface area (Å²) in [5.41, 5.74) is 14.3. The van der Waals surface area contributed by atoms with Gasteiger partial charge in [-0.2, -0.15) is 5.10 Å². The summed E-state index contributed by atoms with van der Waals surface area (Å²) in [6.45, 7) is 10.7. The van der Waals surface area contributed by atoms with Crippen LogP contribution in [0.15, 0.2) is 30.6 Å². The van der Waals surface area contributed by atoms with E-state index in [0.717, 1.165) is 0 Å². The Morgan fingerprint density at radius 2 is 2.08 bits per heavy atom. The van der Waals surface area contributed by atoms with E-state index in [0.29, 0.717) is 47.0 Å². The molecule has 1 aromatic carbocycles. The summed E-state index contributed by atoms with van der Waals surface area (Å²) in [4.78, 5) is 14.2. The third-order valence-corrected chi connectivity index (χ3v) is 4.93. The second-order valence-electron chi connectivity index (χ2n) is 7.13. The predicted molar refractivity (Wildman–Crippen MR) is 98.5 cm³/mol. The maximum atomic E-state index is 13.7. The summed E-state index contributed by atoms with van der Waals surface area (Å²) >= 11 is 0. The van der Waals surface area contributed by atoms with Gasteiger partial charge < -0.3 is 16.4 Å². The molecule has 7 heteroatoms. The van der Waals surface area contributed by atoms with Crippen LogP contribution in [0.25, 0.3) is 11.3 Å². The normalized spacial score (nSPS) is 16.7. The first kappa shape index (κ1) is 18.0. The minimum atomic E-state index is -0.560. The number of carbonyl (C=O) groups excluding carboxylic acids is 1. The highest BCUT2D eigenvalue weighted by Crippen LogP contribution is 2.35. The first-order valence-corrected chi connectivity index (χ1v) is 8.57. The van der Waals surface area contributed by atoms with Gasteiger partial charge in [-0.05, 0) is 36.6 Å². The van der Waals surface area contributed by atoms with Crippen LogP contribution in [0.3, 0.4) is 0 Å².